The second-order valence-corrected chi connectivity index (χ2v) is 4.39. The molecule has 94 valence electrons. The van der Waals surface area contributed by atoms with Gasteiger partial charge >= 0.3 is 0 Å². The van der Waals surface area contributed by atoms with Gasteiger partial charge in [-0.2, -0.15) is 0 Å². The van der Waals surface area contributed by atoms with E-state index in [1.165, 1.54) is 0 Å². The minimum atomic E-state index is -0.722. The van der Waals surface area contributed by atoms with Gasteiger partial charge in [0.05, 0.1) is 12.8 Å². The van der Waals surface area contributed by atoms with Crippen LogP contribution in [0.25, 0.3) is 0 Å². The number of rotatable bonds is 3. The molecule has 0 aliphatic heterocycles. The molecule has 2 aromatic rings. The monoisotopic (exact) mass is 243 g/mol. The van der Waals surface area contributed by atoms with Gasteiger partial charge in [0.25, 0.3) is 0 Å². The molecule has 0 aliphatic rings. The minimum absolute atomic E-state index is 0.689. The van der Waals surface area contributed by atoms with Gasteiger partial charge < -0.3 is 9.84 Å². The Bertz CT molecular complexity index is 552. The van der Waals surface area contributed by atoms with E-state index in [0.29, 0.717) is 5.69 Å². The summed E-state index contributed by atoms with van der Waals surface area (Å²) in [6.07, 6.45) is 1.05. The Morgan fingerprint density at radius 3 is 2.67 bits per heavy atom. The average molecular weight is 243 g/mol. The Kier molecular flexibility index (Phi) is 3.63. The van der Waals surface area contributed by atoms with E-state index in [1.807, 2.05) is 44.2 Å². The van der Waals surface area contributed by atoms with Crippen LogP contribution in [0.5, 0.6) is 5.75 Å². The van der Waals surface area contributed by atoms with Gasteiger partial charge in [0.2, 0.25) is 0 Å². The van der Waals surface area contributed by atoms with Gasteiger partial charge in [0, 0.05) is 6.20 Å². The lowest BCUT2D eigenvalue weighted by Gasteiger charge is -2.14. The molecular formula is C15H17NO2. The van der Waals surface area contributed by atoms with Gasteiger partial charge in [0.15, 0.2) is 0 Å². The van der Waals surface area contributed by atoms with Gasteiger partial charge in [-0.05, 0) is 42.7 Å². The van der Waals surface area contributed by atoms with Gasteiger partial charge in [0.1, 0.15) is 11.9 Å². The summed E-state index contributed by atoms with van der Waals surface area (Å²) in [6, 6.07) is 9.43. The highest BCUT2D eigenvalue weighted by molar-refractivity contribution is 5.36. The Morgan fingerprint density at radius 1 is 1.22 bits per heavy atom. The number of nitrogens with zero attached hydrogens (tertiary/aromatic N) is 1. The molecule has 0 aliphatic carbocycles. The molecule has 1 heterocycles. The van der Waals surface area contributed by atoms with Crippen molar-refractivity contribution >= 4 is 0 Å². The number of methoxy groups -OCH3 is 1. The van der Waals surface area contributed by atoms with Crippen LogP contribution in [-0.4, -0.2) is 17.2 Å². The molecule has 1 aromatic carbocycles. The van der Waals surface area contributed by atoms with Crippen molar-refractivity contribution in [1.29, 1.82) is 0 Å². The summed E-state index contributed by atoms with van der Waals surface area (Å²) < 4.78 is 5.16. The Balaban J connectivity index is 2.37. The molecule has 1 N–H and O–H groups in total. The third-order valence-electron chi connectivity index (χ3n) is 2.92. The summed E-state index contributed by atoms with van der Waals surface area (Å²) in [5.74, 6) is 0.733. The lowest BCUT2D eigenvalue weighted by Crippen LogP contribution is -2.05. The van der Waals surface area contributed by atoms with E-state index in [2.05, 4.69) is 4.98 Å². The summed E-state index contributed by atoms with van der Waals surface area (Å²) >= 11 is 0. The highest BCUT2D eigenvalue weighted by Crippen LogP contribution is 2.25. The van der Waals surface area contributed by atoms with E-state index < -0.39 is 6.10 Å². The van der Waals surface area contributed by atoms with Crippen LogP contribution in [0, 0.1) is 13.8 Å². The quantitative estimate of drug-likeness (QED) is 0.901. The van der Waals surface area contributed by atoms with Crippen LogP contribution in [0.3, 0.4) is 0 Å². The molecule has 1 atom stereocenters. The fourth-order valence-electron chi connectivity index (χ4n) is 1.98. The van der Waals surface area contributed by atoms with Crippen molar-refractivity contribution in [3.63, 3.8) is 0 Å². The largest absolute Gasteiger partial charge is 0.497 e. The van der Waals surface area contributed by atoms with E-state index in [4.69, 9.17) is 4.74 Å². The maximum Gasteiger partial charge on any atom is 0.121 e. The van der Waals surface area contributed by atoms with Crippen LogP contribution in [0.2, 0.25) is 0 Å². The number of aromatic nitrogens is 1. The summed E-state index contributed by atoms with van der Waals surface area (Å²) in [6.45, 7) is 3.94. The SMILES string of the molecule is COc1cccc(C(O)c2ncc(C)cc2C)c1. The van der Waals surface area contributed by atoms with Crippen molar-refractivity contribution < 1.29 is 9.84 Å². The van der Waals surface area contributed by atoms with Crippen molar-refractivity contribution in [2.24, 2.45) is 0 Å². The fraction of sp³-hybridized carbons (Fsp3) is 0.267. The van der Waals surface area contributed by atoms with Crippen molar-refractivity contribution in [2.75, 3.05) is 7.11 Å². The summed E-state index contributed by atoms with van der Waals surface area (Å²) in [5, 5.41) is 10.4. The molecule has 0 saturated heterocycles. The third kappa shape index (κ3) is 2.51. The third-order valence-corrected chi connectivity index (χ3v) is 2.92. The molecule has 0 amide bonds. The number of aliphatic hydroxyl groups is 1. The zero-order valence-corrected chi connectivity index (χ0v) is 10.8. The van der Waals surface area contributed by atoms with Crippen LogP contribution in [0.15, 0.2) is 36.5 Å². The topological polar surface area (TPSA) is 42.4 Å². The first-order valence-corrected chi connectivity index (χ1v) is 5.87. The zero-order valence-electron chi connectivity index (χ0n) is 10.8. The van der Waals surface area contributed by atoms with Crippen molar-refractivity contribution in [3.8, 4) is 5.75 Å². The first-order chi connectivity index (χ1) is 8.61. The van der Waals surface area contributed by atoms with Crippen LogP contribution < -0.4 is 4.74 Å². The molecular weight excluding hydrogens is 226 g/mol. The van der Waals surface area contributed by atoms with Crippen molar-refractivity contribution in [3.05, 3.63) is 58.9 Å². The van der Waals surface area contributed by atoms with Gasteiger partial charge in [-0.1, -0.05) is 18.2 Å². The number of hydrogen-bond acceptors (Lipinski definition) is 3. The van der Waals surface area contributed by atoms with E-state index in [0.717, 1.165) is 22.4 Å². The maximum atomic E-state index is 10.4. The molecule has 1 aromatic heterocycles. The smallest absolute Gasteiger partial charge is 0.121 e. The zero-order chi connectivity index (χ0) is 13.1. The van der Waals surface area contributed by atoms with Crippen LogP contribution in [0.1, 0.15) is 28.5 Å². The van der Waals surface area contributed by atoms with Crippen LogP contribution in [-0.2, 0) is 0 Å². The summed E-state index contributed by atoms with van der Waals surface area (Å²) in [7, 11) is 1.61. The van der Waals surface area contributed by atoms with Gasteiger partial charge in [-0.25, -0.2) is 0 Å². The molecule has 18 heavy (non-hydrogen) atoms. The number of aliphatic hydroxyl groups excluding tert-OH is 1. The molecule has 1 unspecified atom stereocenters. The summed E-state index contributed by atoms with van der Waals surface area (Å²) in [4.78, 5) is 4.32. The molecule has 0 spiro atoms. The second-order valence-electron chi connectivity index (χ2n) is 4.39. The molecule has 0 bridgehead atoms. The predicted molar refractivity (Wildman–Crippen MR) is 70.8 cm³/mol. The fourth-order valence-corrected chi connectivity index (χ4v) is 1.98. The first-order valence-electron chi connectivity index (χ1n) is 5.87. The molecule has 3 nitrogen and oxygen atoms in total. The number of aryl methyl sites for hydroxylation is 2. The Hall–Kier alpha value is -1.87. The van der Waals surface area contributed by atoms with E-state index in [-0.39, 0.29) is 0 Å². The molecule has 3 heteroatoms. The van der Waals surface area contributed by atoms with E-state index in [9.17, 15) is 5.11 Å². The average Bonchev–Trinajstić information content (AvgIpc) is 2.38. The Labute approximate surface area is 107 Å². The van der Waals surface area contributed by atoms with Crippen LogP contribution >= 0.6 is 0 Å². The molecule has 2 rings (SSSR count). The number of pyridine rings is 1. The van der Waals surface area contributed by atoms with Gasteiger partial charge in [-0.3, -0.25) is 4.98 Å². The predicted octanol–water partition coefficient (Wildman–Crippen LogP) is 2.79. The number of benzene rings is 1. The highest BCUT2D eigenvalue weighted by Gasteiger charge is 2.15. The summed E-state index contributed by atoms with van der Waals surface area (Å²) in [5.41, 5.74) is 3.56. The molecule has 0 saturated carbocycles. The second kappa shape index (κ2) is 5.19. The molecule has 0 fully saturated rings. The first kappa shape index (κ1) is 12.6. The minimum Gasteiger partial charge on any atom is -0.497 e. The molecule has 0 radical (unpaired) electrons. The highest BCUT2D eigenvalue weighted by atomic mass is 16.5. The van der Waals surface area contributed by atoms with Crippen molar-refractivity contribution in [1.82, 2.24) is 4.98 Å². The van der Waals surface area contributed by atoms with E-state index >= 15 is 0 Å². The maximum absolute atomic E-state index is 10.4. The van der Waals surface area contributed by atoms with Crippen LogP contribution in [0.4, 0.5) is 0 Å². The van der Waals surface area contributed by atoms with E-state index in [1.54, 1.807) is 13.3 Å². The van der Waals surface area contributed by atoms with Gasteiger partial charge in [-0.15, -0.1) is 0 Å². The number of ether oxygens (including phenoxy) is 1. The standard InChI is InChI=1S/C15H17NO2/c1-10-7-11(2)14(16-9-10)15(17)12-5-4-6-13(8-12)18-3/h4-9,15,17H,1-3H3. The van der Waals surface area contributed by atoms with Crippen molar-refractivity contribution in [2.45, 2.75) is 20.0 Å². The lowest BCUT2D eigenvalue weighted by atomic mass is 10.0. The lowest BCUT2D eigenvalue weighted by molar-refractivity contribution is 0.214. The number of hydrogen-bond donors (Lipinski definition) is 1. The normalized spacial score (nSPS) is 12.2. The Morgan fingerprint density at radius 2 is 2.00 bits per heavy atom.